The van der Waals surface area contributed by atoms with Gasteiger partial charge in [-0.1, -0.05) is 30.3 Å². The van der Waals surface area contributed by atoms with E-state index in [1.807, 2.05) is 41.3 Å². The number of urea groups is 1. The van der Waals surface area contributed by atoms with Crippen LogP contribution in [0.5, 0.6) is 5.75 Å². The summed E-state index contributed by atoms with van der Waals surface area (Å²) < 4.78 is 11.0. The van der Waals surface area contributed by atoms with E-state index < -0.39 is 0 Å². The van der Waals surface area contributed by atoms with Crippen LogP contribution in [0.3, 0.4) is 0 Å². The summed E-state index contributed by atoms with van der Waals surface area (Å²) in [6.45, 7) is 2.36. The molecule has 2 fully saturated rings. The zero-order valence-electron chi connectivity index (χ0n) is 16.4. The van der Waals surface area contributed by atoms with E-state index in [9.17, 15) is 4.79 Å². The second-order valence-corrected chi connectivity index (χ2v) is 7.73. The number of benzene rings is 2. The number of carbonyl (C=O) groups excluding carboxylic acids is 1. The fraction of sp³-hybridized carbons (Fsp3) is 0.435. The van der Waals surface area contributed by atoms with E-state index in [2.05, 4.69) is 17.4 Å². The van der Waals surface area contributed by atoms with Crippen LogP contribution in [0.25, 0.3) is 0 Å². The van der Waals surface area contributed by atoms with Crippen LogP contribution in [0.2, 0.25) is 0 Å². The van der Waals surface area contributed by atoms with Crippen molar-refractivity contribution in [1.29, 1.82) is 0 Å². The van der Waals surface area contributed by atoms with Crippen molar-refractivity contribution >= 4 is 11.7 Å². The van der Waals surface area contributed by atoms with Crippen LogP contribution >= 0.6 is 0 Å². The Hall–Kier alpha value is -2.53. The maximum absolute atomic E-state index is 12.9. The predicted molar refractivity (Wildman–Crippen MR) is 110 cm³/mol. The number of nitrogens with zero attached hydrogens (tertiary/aromatic N) is 1. The first-order valence-electron chi connectivity index (χ1n) is 10.1. The predicted octanol–water partition coefficient (Wildman–Crippen LogP) is 4.32. The fourth-order valence-corrected chi connectivity index (χ4v) is 3.80. The molecule has 0 bridgehead atoms. The normalized spacial score (nSPS) is 18.7. The molecule has 1 heterocycles. The van der Waals surface area contributed by atoms with Crippen LogP contribution in [-0.4, -0.2) is 43.8 Å². The third kappa shape index (κ3) is 4.65. The quantitative estimate of drug-likeness (QED) is 0.778. The van der Waals surface area contributed by atoms with Gasteiger partial charge in [0.25, 0.3) is 0 Å². The molecular formula is C23H28N2O3. The molecule has 0 unspecified atom stereocenters. The maximum atomic E-state index is 12.9. The molecule has 2 aliphatic rings. The van der Waals surface area contributed by atoms with E-state index in [-0.39, 0.29) is 6.03 Å². The number of nitrogens with one attached hydrogen (secondary N) is 1. The Kier molecular flexibility index (Phi) is 5.81. The molecule has 0 spiro atoms. The van der Waals surface area contributed by atoms with Gasteiger partial charge >= 0.3 is 6.03 Å². The van der Waals surface area contributed by atoms with Crippen LogP contribution < -0.4 is 10.1 Å². The van der Waals surface area contributed by atoms with Gasteiger partial charge in [-0.2, -0.15) is 0 Å². The lowest BCUT2D eigenvalue weighted by molar-refractivity contribution is 0.167. The zero-order valence-corrected chi connectivity index (χ0v) is 16.4. The molecular weight excluding hydrogens is 352 g/mol. The minimum absolute atomic E-state index is 0.00905. The van der Waals surface area contributed by atoms with E-state index >= 15 is 0 Å². The molecule has 1 saturated carbocycles. The lowest BCUT2D eigenvalue weighted by Gasteiger charge is -2.25. The largest absolute Gasteiger partial charge is 0.496 e. The van der Waals surface area contributed by atoms with E-state index in [4.69, 9.17) is 9.47 Å². The first kappa shape index (κ1) is 18.8. The van der Waals surface area contributed by atoms with E-state index in [0.717, 1.165) is 62.4 Å². The summed E-state index contributed by atoms with van der Waals surface area (Å²) in [5.41, 5.74) is 3.09. The molecule has 1 atom stereocenters. The maximum Gasteiger partial charge on any atom is 0.322 e. The minimum atomic E-state index is -0.00905. The summed E-state index contributed by atoms with van der Waals surface area (Å²) in [7, 11) is 1.68. The van der Waals surface area contributed by atoms with Gasteiger partial charge in [0.15, 0.2) is 0 Å². The topological polar surface area (TPSA) is 50.8 Å². The smallest absolute Gasteiger partial charge is 0.322 e. The molecule has 1 aliphatic carbocycles. The van der Waals surface area contributed by atoms with Gasteiger partial charge < -0.3 is 19.7 Å². The lowest BCUT2D eigenvalue weighted by Crippen LogP contribution is -2.40. The average Bonchev–Trinajstić information content (AvgIpc) is 3.42. The van der Waals surface area contributed by atoms with Crippen molar-refractivity contribution in [3.8, 4) is 5.75 Å². The van der Waals surface area contributed by atoms with Gasteiger partial charge in [-0.05, 0) is 43.0 Å². The Labute approximate surface area is 166 Å². The number of amides is 2. The summed E-state index contributed by atoms with van der Waals surface area (Å²) in [5, 5.41) is 3.11. The SMILES string of the molecule is COc1ccc(NC(=O)N(C[C@@H]2CCOC2)C2CC2)cc1Cc1ccccc1. The molecule has 1 N–H and O–H groups in total. The Morgan fingerprint density at radius 1 is 1.18 bits per heavy atom. The number of ether oxygens (including phenoxy) is 2. The van der Waals surface area contributed by atoms with Crippen molar-refractivity contribution in [1.82, 2.24) is 4.90 Å². The summed E-state index contributed by atoms with van der Waals surface area (Å²) in [4.78, 5) is 14.9. The number of rotatable bonds is 7. The van der Waals surface area contributed by atoms with Gasteiger partial charge in [0, 0.05) is 42.8 Å². The van der Waals surface area contributed by atoms with Crippen molar-refractivity contribution in [2.45, 2.75) is 31.7 Å². The van der Waals surface area contributed by atoms with Gasteiger partial charge in [-0.3, -0.25) is 0 Å². The lowest BCUT2D eigenvalue weighted by atomic mass is 10.0. The number of hydrogen-bond acceptors (Lipinski definition) is 3. The number of carbonyl (C=O) groups is 1. The minimum Gasteiger partial charge on any atom is -0.496 e. The van der Waals surface area contributed by atoms with E-state index in [1.165, 1.54) is 5.56 Å². The van der Waals surface area contributed by atoms with Gasteiger partial charge in [0.2, 0.25) is 0 Å². The molecule has 148 valence electrons. The second-order valence-electron chi connectivity index (χ2n) is 7.73. The summed E-state index contributed by atoms with van der Waals surface area (Å²) in [6, 6.07) is 16.5. The van der Waals surface area contributed by atoms with Crippen LogP contribution in [0.1, 0.15) is 30.4 Å². The highest BCUT2D eigenvalue weighted by Crippen LogP contribution is 2.30. The molecule has 1 saturated heterocycles. The van der Waals surface area contributed by atoms with Crippen molar-refractivity contribution in [3.63, 3.8) is 0 Å². The standard InChI is InChI=1S/C23H28N2O3/c1-27-22-10-7-20(14-19(22)13-17-5-3-2-4-6-17)24-23(26)25(21-8-9-21)15-18-11-12-28-16-18/h2-7,10,14,18,21H,8-9,11-13,15-16H2,1H3,(H,24,26)/t18-/m0/s1. The van der Waals surface area contributed by atoms with Crippen molar-refractivity contribution in [2.24, 2.45) is 5.92 Å². The molecule has 2 aromatic rings. The molecule has 0 aromatic heterocycles. The van der Waals surface area contributed by atoms with Gasteiger partial charge in [0.05, 0.1) is 13.7 Å². The van der Waals surface area contributed by atoms with Crippen LogP contribution in [0.4, 0.5) is 10.5 Å². The Morgan fingerprint density at radius 2 is 2.00 bits per heavy atom. The molecule has 4 rings (SSSR count). The third-order valence-corrected chi connectivity index (χ3v) is 5.50. The monoisotopic (exact) mass is 380 g/mol. The first-order chi connectivity index (χ1) is 13.7. The van der Waals surface area contributed by atoms with E-state index in [0.29, 0.717) is 12.0 Å². The number of methoxy groups -OCH3 is 1. The van der Waals surface area contributed by atoms with Gasteiger partial charge in [-0.25, -0.2) is 4.79 Å². The van der Waals surface area contributed by atoms with Crippen molar-refractivity contribution in [3.05, 3.63) is 59.7 Å². The second kappa shape index (κ2) is 8.65. The van der Waals surface area contributed by atoms with Crippen molar-refractivity contribution < 1.29 is 14.3 Å². The van der Waals surface area contributed by atoms with Crippen LogP contribution in [0, 0.1) is 5.92 Å². The van der Waals surface area contributed by atoms with Crippen LogP contribution in [-0.2, 0) is 11.2 Å². The Morgan fingerprint density at radius 3 is 2.68 bits per heavy atom. The van der Waals surface area contributed by atoms with Crippen LogP contribution in [0.15, 0.2) is 48.5 Å². The molecule has 28 heavy (non-hydrogen) atoms. The Balaban J connectivity index is 1.47. The number of hydrogen-bond donors (Lipinski definition) is 1. The molecule has 0 radical (unpaired) electrons. The van der Waals surface area contributed by atoms with Crippen molar-refractivity contribution in [2.75, 3.05) is 32.2 Å². The third-order valence-electron chi connectivity index (χ3n) is 5.50. The number of anilines is 1. The fourth-order valence-electron chi connectivity index (χ4n) is 3.80. The average molecular weight is 380 g/mol. The van der Waals surface area contributed by atoms with E-state index in [1.54, 1.807) is 7.11 Å². The Bertz CT molecular complexity index is 799. The molecule has 2 amide bonds. The molecule has 2 aromatic carbocycles. The van der Waals surface area contributed by atoms with Gasteiger partial charge in [-0.15, -0.1) is 0 Å². The highest BCUT2D eigenvalue weighted by atomic mass is 16.5. The highest BCUT2D eigenvalue weighted by Gasteiger charge is 2.34. The molecule has 5 heteroatoms. The summed E-state index contributed by atoms with van der Waals surface area (Å²) >= 11 is 0. The highest BCUT2D eigenvalue weighted by molar-refractivity contribution is 5.90. The zero-order chi connectivity index (χ0) is 19.3. The summed E-state index contributed by atoms with van der Waals surface area (Å²) in [6.07, 6.45) is 4.01. The first-order valence-corrected chi connectivity index (χ1v) is 10.1. The summed E-state index contributed by atoms with van der Waals surface area (Å²) in [5.74, 6) is 1.29. The molecule has 1 aliphatic heterocycles. The molecule has 5 nitrogen and oxygen atoms in total. The van der Waals surface area contributed by atoms with Gasteiger partial charge in [0.1, 0.15) is 5.75 Å².